The first kappa shape index (κ1) is 6.22. The molecule has 4 heteroatoms. The maximum absolute atomic E-state index is 10.6. The zero-order chi connectivity index (χ0) is 6.85. The summed E-state index contributed by atoms with van der Waals surface area (Å²) in [5.41, 5.74) is 5.94. The molecule has 0 saturated carbocycles. The van der Waals surface area contributed by atoms with Crippen molar-refractivity contribution in [3.8, 4) is 0 Å². The average Bonchev–Trinajstić information content (AvgIpc) is 1.59. The Morgan fingerprint density at radius 2 is 2.44 bits per heavy atom. The Bertz CT molecular complexity index is 245. The molecule has 0 aliphatic carbocycles. The number of nitrogens with zero attached hydrogens (tertiary/aromatic N) is 1. The van der Waals surface area contributed by atoms with Crippen LogP contribution in [0.3, 0.4) is 0 Å². The zero-order valence-electron chi connectivity index (χ0n) is 4.92. The number of aryl methyl sites for hydroxylation is 1. The molecule has 0 aliphatic rings. The van der Waals surface area contributed by atoms with Crippen LogP contribution in [-0.4, -0.2) is 4.98 Å². The van der Waals surface area contributed by atoms with E-state index in [0.29, 0.717) is 10.8 Å². The molecule has 0 atom stereocenters. The lowest BCUT2D eigenvalue weighted by molar-refractivity contribution is 1.24. The molecule has 1 rings (SSSR count). The average molecular weight is 142 g/mol. The minimum Gasteiger partial charge on any atom is -0.375 e. The van der Waals surface area contributed by atoms with Gasteiger partial charge < -0.3 is 5.73 Å². The largest absolute Gasteiger partial charge is 0.375 e. The van der Waals surface area contributed by atoms with Crippen molar-refractivity contribution >= 4 is 16.5 Å². The van der Waals surface area contributed by atoms with E-state index < -0.39 is 0 Å². The van der Waals surface area contributed by atoms with Crippen LogP contribution in [0, 0.1) is 6.92 Å². The fourth-order valence-electron chi connectivity index (χ4n) is 0.532. The quantitative estimate of drug-likeness (QED) is 0.570. The number of anilines is 1. The van der Waals surface area contributed by atoms with Crippen molar-refractivity contribution < 1.29 is 0 Å². The van der Waals surface area contributed by atoms with Gasteiger partial charge in [0.25, 0.3) is 0 Å². The van der Waals surface area contributed by atoms with Gasteiger partial charge in [-0.15, -0.1) is 0 Å². The first-order valence-electron chi connectivity index (χ1n) is 2.43. The Morgan fingerprint density at radius 3 is 2.89 bits per heavy atom. The summed E-state index contributed by atoms with van der Waals surface area (Å²) in [6.45, 7) is 1.74. The van der Waals surface area contributed by atoms with Crippen molar-refractivity contribution in [1.29, 1.82) is 0 Å². The summed E-state index contributed by atoms with van der Waals surface area (Å²) >= 11 is 0.957. The summed E-state index contributed by atoms with van der Waals surface area (Å²) in [5, 5.41) is 0.333. The van der Waals surface area contributed by atoms with Crippen LogP contribution in [0.15, 0.2) is 10.9 Å². The monoisotopic (exact) mass is 142 g/mol. The summed E-state index contributed by atoms with van der Waals surface area (Å²) < 4.78 is -0.0417. The Kier molecular flexibility index (Phi) is 1.48. The van der Waals surface area contributed by atoms with Gasteiger partial charge in [0, 0.05) is 11.8 Å². The summed E-state index contributed by atoms with van der Waals surface area (Å²) in [7, 11) is 0. The number of nitrogen functional groups attached to an aromatic ring is 1. The highest BCUT2D eigenvalue weighted by molar-refractivity contribution is 7.12. The summed E-state index contributed by atoms with van der Waals surface area (Å²) in [6.07, 6.45) is 0. The van der Waals surface area contributed by atoms with Gasteiger partial charge in [-0.25, -0.2) is 4.98 Å². The smallest absolute Gasteiger partial charge is 0.237 e. The number of hydrogen-bond acceptors (Lipinski definition) is 4. The van der Waals surface area contributed by atoms with E-state index in [0.717, 1.165) is 11.3 Å². The molecule has 0 aromatic carbocycles. The first-order valence-corrected chi connectivity index (χ1v) is 3.24. The first-order chi connectivity index (χ1) is 4.18. The van der Waals surface area contributed by atoms with Crippen molar-refractivity contribution in [2.75, 3.05) is 5.73 Å². The standard InChI is InChI=1S/C5H6N2OS/c1-3-2-4(8)9-5(6)7-3/h2H,1H3,(H2,6,7). The molecule has 0 unspecified atom stereocenters. The van der Waals surface area contributed by atoms with Crippen LogP contribution in [0.4, 0.5) is 5.13 Å². The lowest BCUT2D eigenvalue weighted by Gasteiger charge is -1.88. The lowest BCUT2D eigenvalue weighted by Crippen LogP contribution is -1.98. The summed E-state index contributed by atoms with van der Waals surface area (Å²) in [5.74, 6) is 0. The predicted octanol–water partition coefficient (Wildman–Crippen LogP) is 0.394. The SMILES string of the molecule is Cc1cc(=O)sc(N)n1. The highest BCUT2D eigenvalue weighted by Gasteiger charge is 1.90. The highest BCUT2D eigenvalue weighted by Crippen LogP contribution is 1.99. The molecule has 3 nitrogen and oxygen atoms in total. The number of nitrogens with two attached hydrogens (primary N) is 1. The molecule has 0 fully saturated rings. The van der Waals surface area contributed by atoms with Crippen LogP contribution in [0.1, 0.15) is 5.69 Å². The van der Waals surface area contributed by atoms with E-state index in [4.69, 9.17) is 5.73 Å². The van der Waals surface area contributed by atoms with Gasteiger partial charge in [-0.2, -0.15) is 0 Å². The zero-order valence-corrected chi connectivity index (χ0v) is 5.73. The van der Waals surface area contributed by atoms with Gasteiger partial charge in [0.05, 0.1) is 0 Å². The third-order valence-electron chi connectivity index (χ3n) is 0.818. The second-order valence-electron chi connectivity index (χ2n) is 1.66. The Labute approximate surface area is 56.2 Å². The van der Waals surface area contributed by atoms with Gasteiger partial charge in [-0.05, 0) is 6.92 Å². The van der Waals surface area contributed by atoms with Crippen molar-refractivity contribution in [3.63, 3.8) is 0 Å². The molecule has 1 aromatic rings. The lowest BCUT2D eigenvalue weighted by atomic mass is 10.5. The van der Waals surface area contributed by atoms with Crippen LogP contribution in [0.5, 0.6) is 0 Å². The molecule has 0 aliphatic heterocycles. The van der Waals surface area contributed by atoms with Crippen molar-refractivity contribution in [1.82, 2.24) is 4.98 Å². The summed E-state index contributed by atoms with van der Waals surface area (Å²) in [6, 6.07) is 1.46. The maximum Gasteiger partial charge on any atom is 0.237 e. The van der Waals surface area contributed by atoms with Gasteiger partial charge in [0.15, 0.2) is 5.13 Å². The molecule has 0 saturated heterocycles. The predicted molar refractivity (Wildman–Crippen MR) is 37.5 cm³/mol. The molecule has 0 spiro atoms. The maximum atomic E-state index is 10.6. The second kappa shape index (κ2) is 2.14. The molecule has 1 heterocycles. The topological polar surface area (TPSA) is 56.0 Å². The molecule has 0 bridgehead atoms. The molecular formula is C5H6N2OS. The van der Waals surface area contributed by atoms with E-state index in [9.17, 15) is 4.79 Å². The van der Waals surface area contributed by atoms with Gasteiger partial charge in [0.1, 0.15) is 0 Å². The van der Waals surface area contributed by atoms with Crippen LogP contribution in [0.25, 0.3) is 0 Å². The molecule has 9 heavy (non-hydrogen) atoms. The molecule has 48 valence electrons. The Hall–Kier alpha value is -0.900. The number of aromatic nitrogens is 1. The van der Waals surface area contributed by atoms with Crippen molar-refractivity contribution in [2.24, 2.45) is 0 Å². The third-order valence-corrected chi connectivity index (χ3v) is 1.44. The van der Waals surface area contributed by atoms with E-state index in [1.54, 1.807) is 6.92 Å². The van der Waals surface area contributed by atoms with Crippen LogP contribution < -0.4 is 10.5 Å². The fourth-order valence-corrected chi connectivity index (χ4v) is 1.16. The van der Waals surface area contributed by atoms with Crippen LogP contribution in [-0.2, 0) is 0 Å². The van der Waals surface area contributed by atoms with Gasteiger partial charge in [-0.1, -0.05) is 11.3 Å². The third kappa shape index (κ3) is 1.50. The van der Waals surface area contributed by atoms with Gasteiger partial charge in [-0.3, -0.25) is 4.79 Å². The van der Waals surface area contributed by atoms with E-state index in [2.05, 4.69) is 4.98 Å². The van der Waals surface area contributed by atoms with Crippen LogP contribution in [0.2, 0.25) is 0 Å². The second-order valence-corrected chi connectivity index (χ2v) is 2.68. The van der Waals surface area contributed by atoms with Crippen molar-refractivity contribution in [2.45, 2.75) is 6.92 Å². The van der Waals surface area contributed by atoms with Crippen molar-refractivity contribution in [3.05, 3.63) is 21.3 Å². The highest BCUT2D eigenvalue weighted by atomic mass is 32.1. The van der Waals surface area contributed by atoms with E-state index in [-0.39, 0.29) is 4.74 Å². The minimum atomic E-state index is -0.0417. The van der Waals surface area contributed by atoms with Gasteiger partial charge in [0.2, 0.25) is 4.74 Å². The van der Waals surface area contributed by atoms with Gasteiger partial charge >= 0.3 is 0 Å². The Balaban J connectivity index is 3.33. The van der Waals surface area contributed by atoms with E-state index >= 15 is 0 Å². The molecule has 1 aromatic heterocycles. The molecular weight excluding hydrogens is 136 g/mol. The summed E-state index contributed by atoms with van der Waals surface area (Å²) in [4.78, 5) is 14.4. The minimum absolute atomic E-state index is 0.0417. The molecule has 0 amide bonds. The number of hydrogen-bond donors (Lipinski definition) is 1. The normalized spacial score (nSPS) is 9.44. The molecule has 2 N–H and O–H groups in total. The van der Waals surface area contributed by atoms with Crippen LogP contribution >= 0.6 is 11.3 Å². The fraction of sp³-hybridized carbons (Fsp3) is 0.200. The Morgan fingerprint density at radius 1 is 1.78 bits per heavy atom. The molecule has 0 radical (unpaired) electrons. The van der Waals surface area contributed by atoms with E-state index in [1.807, 2.05) is 0 Å². The van der Waals surface area contributed by atoms with E-state index in [1.165, 1.54) is 6.07 Å². The number of rotatable bonds is 0.